The number of carbonyl (C=O) groups is 1. The van der Waals surface area contributed by atoms with Gasteiger partial charge in [-0.2, -0.15) is 5.10 Å². The van der Waals surface area contributed by atoms with Crippen LogP contribution in [0.5, 0.6) is 23.0 Å². The lowest BCUT2D eigenvalue weighted by Gasteiger charge is -2.11. The Labute approximate surface area is 210 Å². The molecule has 0 saturated carbocycles. The quantitative estimate of drug-likeness (QED) is 0.353. The number of rotatable bonds is 10. The van der Waals surface area contributed by atoms with Crippen LogP contribution in [0.1, 0.15) is 15.9 Å². The number of carbonyl (C=O) groups excluding carboxylic acids is 1. The van der Waals surface area contributed by atoms with Crippen LogP contribution in [0.2, 0.25) is 0 Å². The van der Waals surface area contributed by atoms with Crippen molar-refractivity contribution in [2.24, 2.45) is 0 Å². The van der Waals surface area contributed by atoms with Gasteiger partial charge in [0.05, 0.1) is 39.7 Å². The number of methoxy groups -OCH3 is 4. The Bertz CT molecular complexity index is 1330. The van der Waals surface area contributed by atoms with Gasteiger partial charge in [-0.1, -0.05) is 24.3 Å². The first-order valence-corrected chi connectivity index (χ1v) is 11.4. The molecule has 1 aromatic heterocycles. The van der Waals surface area contributed by atoms with E-state index in [1.54, 1.807) is 45.4 Å². The molecule has 36 heavy (non-hydrogen) atoms. The molecule has 0 saturated heterocycles. The minimum atomic E-state index is -0.227. The van der Waals surface area contributed by atoms with Crippen LogP contribution in [0.4, 0.5) is 0 Å². The molecule has 0 atom stereocenters. The zero-order chi connectivity index (χ0) is 25.5. The van der Waals surface area contributed by atoms with Crippen LogP contribution < -0.4 is 24.3 Å². The summed E-state index contributed by atoms with van der Waals surface area (Å²) in [4.78, 5) is 13.3. The van der Waals surface area contributed by atoms with Crippen LogP contribution in [0, 0.1) is 0 Å². The molecule has 186 valence electrons. The number of hydrogen-bond donors (Lipinski definition) is 1. The summed E-state index contributed by atoms with van der Waals surface area (Å²) in [5, 5.41) is 7.76. The summed E-state index contributed by atoms with van der Waals surface area (Å²) in [7, 11) is 6.38. The molecule has 1 N–H and O–H groups in total. The van der Waals surface area contributed by atoms with Gasteiger partial charge in [0.25, 0.3) is 5.91 Å². The zero-order valence-corrected chi connectivity index (χ0v) is 20.8. The van der Waals surface area contributed by atoms with Gasteiger partial charge in [0.2, 0.25) is 0 Å². The van der Waals surface area contributed by atoms with Crippen molar-refractivity contribution in [2.75, 3.05) is 35.0 Å². The molecule has 1 amide bonds. The Morgan fingerprint density at radius 1 is 0.833 bits per heavy atom. The fourth-order valence-corrected chi connectivity index (χ4v) is 3.91. The van der Waals surface area contributed by atoms with E-state index in [2.05, 4.69) is 5.32 Å². The van der Waals surface area contributed by atoms with Crippen molar-refractivity contribution in [3.05, 3.63) is 84.1 Å². The molecule has 4 aromatic rings. The first kappa shape index (κ1) is 24.7. The average molecular weight is 488 g/mol. The maximum Gasteiger partial charge on any atom is 0.255 e. The highest BCUT2D eigenvalue weighted by atomic mass is 16.5. The summed E-state index contributed by atoms with van der Waals surface area (Å²) in [6.07, 6.45) is 2.34. The Kier molecular flexibility index (Phi) is 7.75. The Balaban J connectivity index is 1.61. The molecule has 4 rings (SSSR count). The van der Waals surface area contributed by atoms with Crippen molar-refractivity contribution in [1.29, 1.82) is 0 Å². The second kappa shape index (κ2) is 11.3. The third kappa shape index (κ3) is 5.27. The molecule has 0 aliphatic rings. The molecule has 1 heterocycles. The topological polar surface area (TPSA) is 83.8 Å². The number of aromatic nitrogens is 2. The van der Waals surface area contributed by atoms with Crippen LogP contribution in [-0.4, -0.2) is 50.7 Å². The number of ether oxygens (including phenoxy) is 4. The van der Waals surface area contributed by atoms with Crippen LogP contribution in [0.15, 0.2) is 72.9 Å². The van der Waals surface area contributed by atoms with Gasteiger partial charge in [0, 0.05) is 24.4 Å². The average Bonchev–Trinajstić information content (AvgIpc) is 3.39. The fraction of sp³-hybridized carbons (Fsp3) is 0.214. The van der Waals surface area contributed by atoms with Crippen molar-refractivity contribution in [3.63, 3.8) is 0 Å². The van der Waals surface area contributed by atoms with Gasteiger partial charge in [-0.15, -0.1) is 0 Å². The standard InChI is InChI=1S/C28H29N3O5/c1-33-22-12-10-19(25(17-22)35-3)14-15-29-28(32)23-18-31(21-8-6-5-7-9-21)30-27(23)20-11-13-24(34-2)26(16-20)36-4/h5-13,16-18H,14-15H2,1-4H3,(H,29,32). The lowest BCUT2D eigenvalue weighted by molar-refractivity contribution is 0.0954. The number of nitrogens with one attached hydrogen (secondary N) is 1. The van der Waals surface area contributed by atoms with E-state index < -0.39 is 0 Å². The Hall–Kier alpha value is -4.46. The van der Waals surface area contributed by atoms with E-state index in [0.717, 1.165) is 16.8 Å². The fourth-order valence-electron chi connectivity index (χ4n) is 3.91. The van der Waals surface area contributed by atoms with Crippen molar-refractivity contribution in [3.8, 4) is 39.9 Å². The number of hydrogen-bond acceptors (Lipinski definition) is 6. The van der Waals surface area contributed by atoms with Crippen molar-refractivity contribution < 1.29 is 23.7 Å². The Morgan fingerprint density at radius 2 is 1.58 bits per heavy atom. The van der Waals surface area contributed by atoms with E-state index in [0.29, 0.717) is 47.2 Å². The van der Waals surface area contributed by atoms with Gasteiger partial charge in [-0.05, 0) is 48.4 Å². The van der Waals surface area contributed by atoms with Gasteiger partial charge in [-0.25, -0.2) is 4.68 Å². The zero-order valence-electron chi connectivity index (χ0n) is 20.8. The Morgan fingerprint density at radius 3 is 2.28 bits per heavy atom. The third-order valence-electron chi connectivity index (χ3n) is 5.81. The van der Waals surface area contributed by atoms with E-state index in [-0.39, 0.29) is 5.91 Å². The van der Waals surface area contributed by atoms with Gasteiger partial charge >= 0.3 is 0 Å². The van der Waals surface area contributed by atoms with E-state index >= 15 is 0 Å². The summed E-state index contributed by atoms with van der Waals surface area (Å²) >= 11 is 0. The normalized spacial score (nSPS) is 10.6. The highest BCUT2D eigenvalue weighted by Gasteiger charge is 2.20. The molecule has 0 radical (unpaired) electrons. The molecule has 3 aromatic carbocycles. The molecule has 0 bridgehead atoms. The van der Waals surface area contributed by atoms with E-state index in [4.69, 9.17) is 24.0 Å². The molecule has 8 heteroatoms. The van der Waals surface area contributed by atoms with Crippen molar-refractivity contribution in [1.82, 2.24) is 15.1 Å². The number of para-hydroxylation sites is 1. The summed E-state index contributed by atoms with van der Waals surface area (Å²) < 4.78 is 23.3. The van der Waals surface area contributed by atoms with Crippen molar-refractivity contribution in [2.45, 2.75) is 6.42 Å². The number of nitrogens with zero attached hydrogens (tertiary/aromatic N) is 2. The minimum Gasteiger partial charge on any atom is -0.497 e. The molecular formula is C28H29N3O5. The highest BCUT2D eigenvalue weighted by Crippen LogP contribution is 2.33. The minimum absolute atomic E-state index is 0.227. The third-order valence-corrected chi connectivity index (χ3v) is 5.81. The van der Waals surface area contributed by atoms with Crippen LogP contribution in [0.25, 0.3) is 16.9 Å². The van der Waals surface area contributed by atoms with Crippen LogP contribution >= 0.6 is 0 Å². The predicted octanol–water partition coefficient (Wildman–Crippen LogP) is 4.55. The molecule has 0 spiro atoms. The van der Waals surface area contributed by atoms with E-state index in [9.17, 15) is 4.79 Å². The van der Waals surface area contributed by atoms with Gasteiger partial charge in [-0.3, -0.25) is 4.79 Å². The molecule has 0 fully saturated rings. The van der Waals surface area contributed by atoms with Crippen LogP contribution in [0.3, 0.4) is 0 Å². The lowest BCUT2D eigenvalue weighted by Crippen LogP contribution is -2.26. The van der Waals surface area contributed by atoms with Gasteiger partial charge in [0.15, 0.2) is 11.5 Å². The second-order valence-corrected chi connectivity index (χ2v) is 7.92. The lowest BCUT2D eigenvalue weighted by atomic mass is 10.1. The van der Waals surface area contributed by atoms with Crippen molar-refractivity contribution >= 4 is 5.91 Å². The molecule has 0 aliphatic carbocycles. The summed E-state index contributed by atoms with van der Waals surface area (Å²) in [5.74, 6) is 2.36. The monoisotopic (exact) mass is 487 g/mol. The predicted molar refractivity (Wildman–Crippen MR) is 138 cm³/mol. The molecular weight excluding hydrogens is 458 g/mol. The largest absolute Gasteiger partial charge is 0.497 e. The summed E-state index contributed by atoms with van der Waals surface area (Å²) in [6, 6.07) is 20.8. The van der Waals surface area contributed by atoms with E-state index in [1.165, 1.54) is 0 Å². The van der Waals surface area contributed by atoms with Crippen LogP contribution in [-0.2, 0) is 6.42 Å². The van der Waals surface area contributed by atoms with Gasteiger partial charge < -0.3 is 24.3 Å². The summed E-state index contributed by atoms with van der Waals surface area (Å²) in [6.45, 7) is 0.420. The molecule has 0 unspecified atom stereocenters. The number of benzene rings is 3. The van der Waals surface area contributed by atoms with E-state index in [1.807, 2.05) is 60.7 Å². The second-order valence-electron chi connectivity index (χ2n) is 7.92. The highest BCUT2D eigenvalue weighted by molar-refractivity contribution is 6.00. The maximum absolute atomic E-state index is 13.3. The first-order chi connectivity index (χ1) is 17.6. The SMILES string of the molecule is COc1ccc(CCNC(=O)c2cn(-c3ccccc3)nc2-c2ccc(OC)c(OC)c2)c(OC)c1. The maximum atomic E-state index is 13.3. The molecule has 0 aliphatic heterocycles. The van der Waals surface area contributed by atoms with Gasteiger partial charge in [0.1, 0.15) is 17.2 Å². The summed E-state index contributed by atoms with van der Waals surface area (Å²) in [5.41, 5.74) is 3.55. The molecule has 8 nitrogen and oxygen atoms in total. The first-order valence-electron chi connectivity index (χ1n) is 11.4. The number of amides is 1. The smallest absolute Gasteiger partial charge is 0.255 e.